The molecule has 0 unspecified atom stereocenters. The van der Waals surface area contributed by atoms with Crippen LogP contribution in [0.3, 0.4) is 0 Å². The van der Waals surface area contributed by atoms with Crippen LogP contribution < -0.4 is 5.32 Å². The second-order valence-electron chi connectivity index (χ2n) is 5.34. The Balaban J connectivity index is 2.04. The van der Waals surface area contributed by atoms with Crippen molar-refractivity contribution in [1.82, 2.24) is 0 Å². The molecule has 1 amide bonds. The third-order valence-electron chi connectivity index (χ3n) is 3.53. The number of amides is 1. The van der Waals surface area contributed by atoms with Gasteiger partial charge in [0.25, 0.3) is 5.91 Å². The van der Waals surface area contributed by atoms with E-state index in [0.717, 1.165) is 17.7 Å². The number of hydrogen-bond donors (Lipinski definition) is 2. The first-order valence-corrected chi connectivity index (χ1v) is 8.70. The maximum Gasteiger partial charge on any atom is 0.303 e. The number of para-hydroxylation sites is 1. The molecule has 2 aromatic rings. The van der Waals surface area contributed by atoms with Crippen molar-refractivity contribution in [1.29, 1.82) is 0 Å². The summed E-state index contributed by atoms with van der Waals surface area (Å²) in [6.07, 6.45) is 2.24. The summed E-state index contributed by atoms with van der Waals surface area (Å²) in [5, 5.41) is 12.1. The maximum absolute atomic E-state index is 12.4. The topological polar surface area (TPSA) is 66.4 Å². The number of nitrogens with one attached hydrogen (secondary N) is 1. The van der Waals surface area contributed by atoms with Gasteiger partial charge < -0.3 is 10.4 Å². The number of unbranched alkanes of at least 4 members (excludes halogenated alkanes) is 1. The Morgan fingerprint density at radius 1 is 1.12 bits per heavy atom. The van der Waals surface area contributed by atoms with Crippen molar-refractivity contribution in [3.63, 3.8) is 0 Å². The molecule has 2 rings (SSSR count). The molecule has 6 heteroatoms. The van der Waals surface area contributed by atoms with Crippen LogP contribution in [0, 0.1) is 0 Å². The molecule has 0 bridgehead atoms. The van der Waals surface area contributed by atoms with Gasteiger partial charge in [-0.25, -0.2) is 0 Å². The Morgan fingerprint density at radius 2 is 1.88 bits per heavy atom. The number of hydrogen-bond acceptors (Lipinski definition) is 2. The Morgan fingerprint density at radius 3 is 2.58 bits per heavy atom. The van der Waals surface area contributed by atoms with Crippen LogP contribution in [0.25, 0.3) is 0 Å². The highest BCUT2D eigenvalue weighted by Crippen LogP contribution is 2.24. The second-order valence-corrected chi connectivity index (χ2v) is 6.60. The van der Waals surface area contributed by atoms with E-state index in [1.54, 1.807) is 18.2 Å². The van der Waals surface area contributed by atoms with Crippen molar-refractivity contribution in [2.45, 2.75) is 25.7 Å². The number of benzene rings is 2. The van der Waals surface area contributed by atoms with Crippen LogP contribution >= 0.6 is 27.5 Å². The zero-order chi connectivity index (χ0) is 17.5. The summed E-state index contributed by atoms with van der Waals surface area (Å²) in [6, 6.07) is 12.5. The molecule has 0 radical (unpaired) electrons. The van der Waals surface area contributed by atoms with Crippen molar-refractivity contribution >= 4 is 45.1 Å². The average Bonchev–Trinajstić information content (AvgIpc) is 2.55. The summed E-state index contributed by atoms with van der Waals surface area (Å²) in [6.45, 7) is 0. The lowest BCUT2D eigenvalue weighted by atomic mass is 10.0. The van der Waals surface area contributed by atoms with Crippen LogP contribution in [0.1, 0.15) is 35.2 Å². The molecule has 4 nitrogen and oxygen atoms in total. The van der Waals surface area contributed by atoms with Crippen molar-refractivity contribution in [3.05, 3.63) is 63.1 Å². The van der Waals surface area contributed by atoms with E-state index >= 15 is 0 Å². The highest BCUT2D eigenvalue weighted by atomic mass is 79.9. The monoisotopic (exact) mass is 409 g/mol. The molecule has 2 aromatic carbocycles. The molecule has 0 heterocycles. The largest absolute Gasteiger partial charge is 0.481 e. The van der Waals surface area contributed by atoms with Gasteiger partial charge in [0.2, 0.25) is 0 Å². The van der Waals surface area contributed by atoms with E-state index < -0.39 is 5.97 Å². The molecule has 2 N–H and O–H groups in total. The molecule has 0 aliphatic rings. The van der Waals surface area contributed by atoms with Gasteiger partial charge in [0.15, 0.2) is 0 Å². The first-order valence-electron chi connectivity index (χ1n) is 7.53. The molecule has 0 fully saturated rings. The highest BCUT2D eigenvalue weighted by Gasteiger charge is 2.10. The number of carboxylic acids is 1. The molecular weight excluding hydrogens is 394 g/mol. The normalized spacial score (nSPS) is 10.4. The Bertz CT molecular complexity index is 749. The van der Waals surface area contributed by atoms with Gasteiger partial charge in [-0.15, -0.1) is 0 Å². The van der Waals surface area contributed by atoms with Crippen LogP contribution in [-0.4, -0.2) is 17.0 Å². The highest BCUT2D eigenvalue weighted by molar-refractivity contribution is 9.10. The number of rotatable bonds is 7. The quantitative estimate of drug-likeness (QED) is 0.620. The van der Waals surface area contributed by atoms with Gasteiger partial charge in [-0.2, -0.15) is 0 Å². The number of aliphatic carboxylic acids is 1. The van der Waals surface area contributed by atoms with E-state index in [1.807, 2.05) is 24.3 Å². The van der Waals surface area contributed by atoms with Gasteiger partial charge in [0, 0.05) is 22.1 Å². The molecular formula is C18H17BrClNO3. The lowest BCUT2D eigenvalue weighted by Gasteiger charge is -2.11. The van der Waals surface area contributed by atoms with Crippen LogP contribution in [0.2, 0.25) is 5.02 Å². The molecule has 0 atom stereocenters. The molecule has 0 aliphatic carbocycles. The van der Waals surface area contributed by atoms with Crippen molar-refractivity contribution in [3.8, 4) is 0 Å². The summed E-state index contributed by atoms with van der Waals surface area (Å²) >= 11 is 9.25. The lowest BCUT2D eigenvalue weighted by molar-refractivity contribution is -0.137. The SMILES string of the molecule is O=C(O)CCCCc1ccccc1NC(=O)c1ccc(Cl)c(Br)c1. The molecule has 0 aromatic heterocycles. The zero-order valence-electron chi connectivity index (χ0n) is 12.9. The Kier molecular flexibility index (Phi) is 6.82. The van der Waals surface area contributed by atoms with Gasteiger partial charge in [0.1, 0.15) is 0 Å². The number of carbonyl (C=O) groups excluding carboxylic acids is 1. The Labute approximate surface area is 154 Å². The molecule has 0 saturated heterocycles. The molecule has 126 valence electrons. The number of aryl methyl sites for hydroxylation is 1. The van der Waals surface area contributed by atoms with E-state index in [4.69, 9.17) is 16.7 Å². The fourth-order valence-electron chi connectivity index (χ4n) is 2.28. The van der Waals surface area contributed by atoms with Gasteiger partial charge in [-0.05, 0) is 65.0 Å². The number of carbonyl (C=O) groups is 2. The minimum absolute atomic E-state index is 0.160. The maximum atomic E-state index is 12.4. The molecule has 24 heavy (non-hydrogen) atoms. The van der Waals surface area contributed by atoms with Crippen molar-refractivity contribution in [2.24, 2.45) is 0 Å². The van der Waals surface area contributed by atoms with E-state index in [-0.39, 0.29) is 12.3 Å². The van der Waals surface area contributed by atoms with Crippen LogP contribution in [0.5, 0.6) is 0 Å². The van der Waals surface area contributed by atoms with E-state index in [2.05, 4.69) is 21.2 Å². The summed E-state index contributed by atoms with van der Waals surface area (Å²) in [4.78, 5) is 23.0. The van der Waals surface area contributed by atoms with Gasteiger partial charge in [-0.1, -0.05) is 29.8 Å². The minimum Gasteiger partial charge on any atom is -0.481 e. The fourth-order valence-corrected chi connectivity index (χ4v) is 2.78. The molecule has 0 aliphatic heterocycles. The van der Waals surface area contributed by atoms with Crippen LogP contribution in [0.4, 0.5) is 5.69 Å². The molecule has 0 saturated carbocycles. The average molecular weight is 411 g/mol. The summed E-state index contributed by atoms with van der Waals surface area (Å²) < 4.78 is 0.666. The van der Waals surface area contributed by atoms with Crippen molar-refractivity contribution < 1.29 is 14.7 Å². The van der Waals surface area contributed by atoms with Gasteiger partial charge in [0.05, 0.1) is 5.02 Å². The summed E-state index contributed by atoms with van der Waals surface area (Å²) in [5.74, 6) is -1.00. The molecule has 0 spiro atoms. The van der Waals surface area contributed by atoms with E-state index in [9.17, 15) is 9.59 Å². The van der Waals surface area contributed by atoms with Gasteiger partial charge in [-0.3, -0.25) is 9.59 Å². The second kappa shape index (κ2) is 8.85. The van der Waals surface area contributed by atoms with E-state index in [1.165, 1.54) is 0 Å². The predicted molar refractivity (Wildman–Crippen MR) is 98.7 cm³/mol. The standard InChI is InChI=1S/C18H17BrClNO3/c19-14-11-13(9-10-15(14)20)18(24)21-16-7-3-1-5-12(16)6-2-4-8-17(22)23/h1,3,5,7,9-11H,2,4,6,8H2,(H,21,24)(H,22,23). The van der Waals surface area contributed by atoms with Crippen LogP contribution in [0.15, 0.2) is 46.9 Å². The smallest absolute Gasteiger partial charge is 0.303 e. The fraction of sp³-hybridized carbons (Fsp3) is 0.222. The number of anilines is 1. The number of halogens is 2. The first-order chi connectivity index (χ1) is 11.5. The lowest BCUT2D eigenvalue weighted by Crippen LogP contribution is -2.13. The van der Waals surface area contributed by atoms with E-state index in [0.29, 0.717) is 27.9 Å². The Hall–Kier alpha value is -1.85. The van der Waals surface area contributed by atoms with Crippen LogP contribution in [-0.2, 0) is 11.2 Å². The number of carboxylic acid groups (broad SMARTS) is 1. The summed E-state index contributed by atoms with van der Waals surface area (Å²) in [5.41, 5.74) is 2.24. The third-order valence-corrected chi connectivity index (χ3v) is 4.75. The zero-order valence-corrected chi connectivity index (χ0v) is 15.2. The van der Waals surface area contributed by atoms with Crippen molar-refractivity contribution in [2.75, 3.05) is 5.32 Å². The third kappa shape index (κ3) is 5.35. The predicted octanol–water partition coefficient (Wildman–Crippen LogP) is 5.15. The minimum atomic E-state index is -0.787. The van der Waals surface area contributed by atoms with Gasteiger partial charge >= 0.3 is 5.97 Å². The first kappa shape index (κ1) is 18.5. The summed E-state index contributed by atoms with van der Waals surface area (Å²) in [7, 11) is 0.